The van der Waals surface area contributed by atoms with E-state index in [0.29, 0.717) is 46.8 Å². The molecular formula is C25H32ClN5O4. The van der Waals surface area contributed by atoms with Crippen LogP contribution in [0.1, 0.15) is 29.9 Å². The second-order valence-electron chi connectivity index (χ2n) is 8.75. The number of nitrogens with zero attached hydrogens (tertiary/aromatic N) is 3. The summed E-state index contributed by atoms with van der Waals surface area (Å²) < 4.78 is 17.0. The van der Waals surface area contributed by atoms with Crippen LogP contribution in [0.15, 0.2) is 22.7 Å². The quantitative estimate of drug-likeness (QED) is 0.380. The number of hydrogen-bond acceptors (Lipinski definition) is 9. The van der Waals surface area contributed by atoms with Gasteiger partial charge in [0.15, 0.2) is 5.82 Å². The minimum absolute atomic E-state index is 0.148. The molecule has 0 saturated carbocycles. The molecule has 9 nitrogen and oxygen atoms in total. The van der Waals surface area contributed by atoms with Gasteiger partial charge in [-0.25, -0.2) is 9.97 Å². The first-order valence-electron chi connectivity index (χ1n) is 11.8. The second-order valence-corrected chi connectivity index (χ2v) is 9.16. The molecule has 0 amide bonds. The number of anilines is 1. The standard InChI is InChI=1S/C25H32ClN5O4/c1-14-23(22-15(2)31-35-16(22)3)29-25(30-24(14)28-12-19-6-5-9-33-19)20-10-18(7-8-21(20)26)34-13-17(32)11-27-4/h7-8,10,17,19,27,32H,5-6,9,11-13H2,1-4H3,(H,28,29,30)/t17?,19-/m1/s1. The Morgan fingerprint density at radius 3 is 2.77 bits per heavy atom. The average Bonchev–Trinajstić information content (AvgIpc) is 3.48. The molecule has 2 atom stereocenters. The van der Waals surface area contributed by atoms with Gasteiger partial charge in [-0.1, -0.05) is 16.8 Å². The van der Waals surface area contributed by atoms with E-state index in [-0.39, 0.29) is 12.7 Å². The van der Waals surface area contributed by atoms with E-state index in [4.69, 9.17) is 35.6 Å². The number of nitrogens with one attached hydrogen (secondary N) is 2. The van der Waals surface area contributed by atoms with Gasteiger partial charge in [0, 0.05) is 30.8 Å². The predicted octanol–water partition coefficient (Wildman–Crippen LogP) is 3.93. The van der Waals surface area contributed by atoms with Crippen molar-refractivity contribution < 1.29 is 19.1 Å². The first-order chi connectivity index (χ1) is 16.9. The highest BCUT2D eigenvalue weighted by Gasteiger charge is 2.22. The Hall–Kier alpha value is -2.72. The summed E-state index contributed by atoms with van der Waals surface area (Å²) >= 11 is 6.59. The lowest BCUT2D eigenvalue weighted by molar-refractivity contribution is 0.108. The van der Waals surface area contributed by atoms with Gasteiger partial charge in [0.05, 0.1) is 28.1 Å². The highest BCUT2D eigenvalue weighted by Crippen LogP contribution is 2.36. The van der Waals surface area contributed by atoms with Gasteiger partial charge in [0.1, 0.15) is 30.0 Å². The molecule has 0 aliphatic carbocycles. The molecule has 1 aliphatic heterocycles. The van der Waals surface area contributed by atoms with Crippen LogP contribution in [0, 0.1) is 20.8 Å². The normalized spacial score (nSPS) is 16.5. The zero-order valence-corrected chi connectivity index (χ0v) is 21.3. The second kappa shape index (κ2) is 11.3. The summed E-state index contributed by atoms with van der Waals surface area (Å²) in [6.45, 7) is 7.76. The summed E-state index contributed by atoms with van der Waals surface area (Å²) in [7, 11) is 1.78. The van der Waals surface area contributed by atoms with E-state index in [1.54, 1.807) is 25.2 Å². The highest BCUT2D eigenvalue weighted by atomic mass is 35.5. The SMILES string of the molecule is CNCC(O)COc1ccc(Cl)c(-c2nc(NC[C@H]3CCCO3)c(C)c(-c3c(C)noc3C)n2)c1. The number of aryl methyl sites for hydroxylation is 2. The average molecular weight is 502 g/mol. The van der Waals surface area contributed by atoms with Crippen LogP contribution in [0.5, 0.6) is 5.75 Å². The molecule has 188 valence electrons. The highest BCUT2D eigenvalue weighted by molar-refractivity contribution is 6.33. The van der Waals surface area contributed by atoms with Gasteiger partial charge in [-0.15, -0.1) is 0 Å². The molecule has 0 spiro atoms. The third kappa shape index (κ3) is 5.92. The Morgan fingerprint density at radius 2 is 2.09 bits per heavy atom. The van der Waals surface area contributed by atoms with Crippen molar-refractivity contribution in [2.45, 2.75) is 45.8 Å². The number of aliphatic hydroxyl groups is 1. The molecule has 1 fully saturated rings. The summed E-state index contributed by atoms with van der Waals surface area (Å²) in [6, 6.07) is 5.30. The number of aromatic nitrogens is 3. The molecule has 1 aromatic carbocycles. The molecule has 0 radical (unpaired) electrons. The molecule has 35 heavy (non-hydrogen) atoms. The van der Waals surface area contributed by atoms with Crippen molar-refractivity contribution in [1.29, 1.82) is 0 Å². The first kappa shape index (κ1) is 25.4. The number of ether oxygens (including phenoxy) is 2. The lowest BCUT2D eigenvalue weighted by Gasteiger charge is -2.17. The molecule has 10 heteroatoms. The van der Waals surface area contributed by atoms with Crippen LogP contribution >= 0.6 is 11.6 Å². The summed E-state index contributed by atoms with van der Waals surface area (Å²) in [4.78, 5) is 9.72. The summed E-state index contributed by atoms with van der Waals surface area (Å²) in [6.07, 6.45) is 1.61. The molecule has 1 saturated heterocycles. The van der Waals surface area contributed by atoms with Gasteiger partial charge < -0.3 is 29.7 Å². The van der Waals surface area contributed by atoms with E-state index in [1.807, 2.05) is 20.8 Å². The Kier molecular flexibility index (Phi) is 8.22. The minimum atomic E-state index is -0.630. The molecule has 3 heterocycles. The maximum absolute atomic E-state index is 9.99. The van der Waals surface area contributed by atoms with Crippen molar-refractivity contribution >= 4 is 17.4 Å². The number of likely N-dealkylation sites (N-methyl/N-ethyl adjacent to an activating group) is 1. The third-order valence-corrected chi connectivity index (χ3v) is 6.33. The number of rotatable bonds is 10. The number of benzene rings is 1. The molecule has 2 aromatic heterocycles. The summed E-state index contributed by atoms with van der Waals surface area (Å²) in [5, 5.41) is 21.0. The number of aliphatic hydroxyl groups excluding tert-OH is 1. The summed E-state index contributed by atoms with van der Waals surface area (Å²) in [5.41, 5.74) is 3.83. The largest absolute Gasteiger partial charge is 0.491 e. The lowest BCUT2D eigenvalue weighted by atomic mass is 10.0. The fraction of sp³-hybridized carbons (Fsp3) is 0.480. The maximum Gasteiger partial charge on any atom is 0.163 e. The maximum atomic E-state index is 9.99. The lowest BCUT2D eigenvalue weighted by Crippen LogP contribution is -2.29. The van der Waals surface area contributed by atoms with Gasteiger partial charge in [-0.05, 0) is 58.9 Å². The predicted molar refractivity (Wildman–Crippen MR) is 135 cm³/mol. The zero-order valence-electron chi connectivity index (χ0n) is 20.5. The van der Waals surface area contributed by atoms with Gasteiger partial charge >= 0.3 is 0 Å². The van der Waals surface area contributed by atoms with Gasteiger partial charge in [0.2, 0.25) is 0 Å². The molecule has 3 N–H and O–H groups in total. The molecule has 0 bridgehead atoms. The molecule has 4 rings (SSSR count). The Morgan fingerprint density at radius 1 is 1.26 bits per heavy atom. The van der Waals surface area contributed by atoms with E-state index in [9.17, 15) is 5.11 Å². The van der Waals surface area contributed by atoms with Crippen molar-refractivity contribution in [3.05, 3.63) is 40.2 Å². The van der Waals surface area contributed by atoms with Gasteiger partial charge in [-0.3, -0.25) is 0 Å². The van der Waals surface area contributed by atoms with Crippen LogP contribution in [-0.4, -0.2) is 65.8 Å². The topological polar surface area (TPSA) is 115 Å². The monoisotopic (exact) mass is 501 g/mol. The summed E-state index contributed by atoms with van der Waals surface area (Å²) in [5.74, 6) is 2.40. The molecule has 1 aliphatic rings. The van der Waals surface area contributed by atoms with Crippen LogP contribution in [-0.2, 0) is 4.74 Å². The van der Waals surface area contributed by atoms with E-state index in [1.165, 1.54) is 0 Å². The molecule has 3 aromatic rings. The van der Waals surface area contributed by atoms with Crippen LogP contribution in [0.25, 0.3) is 22.6 Å². The van der Waals surface area contributed by atoms with Crippen molar-refractivity contribution in [3.8, 4) is 28.4 Å². The van der Waals surface area contributed by atoms with Gasteiger partial charge in [-0.2, -0.15) is 0 Å². The van der Waals surface area contributed by atoms with Crippen molar-refractivity contribution in [2.24, 2.45) is 0 Å². The van der Waals surface area contributed by atoms with E-state index < -0.39 is 6.10 Å². The fourth-order valence-corrected chi connectivity index (χ4v) is 4.34. The molecular weight excluding hydrogens is 470 g/mol. The molecule has 1 unspecified atom stereocenters. The van der Waals surface area contributed by atoms with E-state index in [2.05, 4.69) is 15.8 Å². The van der Waals surface area contributed by atoms with Crippen LogP contribution < -0.4 is 15.4 Å². The van der Waals surface area contributed by atoms with Crippen LogP contribution in [0.3, 0.4) is 0 Å². The van der Waals surface area contributed by atoms with E-state index >= 15 is 0 Å². The minimum Gasteiger partial charge on any atom is -0.491 e. The fourth-order valence-electron chi connectivity index (χ4n) is 4.14. The van der Waals surface area contributed by atoms with Crippen LogP contribution in [0.4, 0.5) is 5.82 Å². The Balaban J connectivity index is 1.72. The van der Waals surface area contributed by atoms with Crippen molar-refractivity contribution in [1.82, 2.24) is 20.4 Å². The van der Waals surface area contributed by atoms with Crippen LogP contribution in [0.2, 0.25) is 5.02 Å². The number of halogens is 1. The van der Waals surface area contributed by atoms with E-state index in [0.717, 1.165) is 42.0 Å². The third-order valence-electron chi connectivity index (χ3n) is 6.00. The van der Waals surface area contributed by atoms with Gasteiger partial charge in [0.25, 0.3) is 0 Å². The van der Waals surface area contributed by atoms with Crippen molar-refractivity contribution in [3.63, 3.8) is 0 Å². The zero-order chi connectivity index (χ0) is 24.9. The smallest absolute Gasteiger partial charge is 0.163 e. The number of hydrogen-bond donors (Lipinski definition) is 3. The Labute approximate surface area is 210 Å². The van der Waals surface area contributed by atoms with Crippen molar-refractivity contribution in [2.75, 3.05) is 38.7 Å². The first-order valence-corrected chi connectivity index (χ1v) is 12.2. The Bertz CT molecular complexity index is 1140.